The quantitative estimate of drug-likeness (QED) is 0.629. The number of anilines is 2. The molecule has 0 spiro atoms. The van der Waals surface area contributed by atoms with E-state index in [0.717, 1.165) is 0 Å². The van der Waals surface area contributed by atoms with Crippen molar-refractivity contribution in [3.8, 4) is 0 Å². The van der Waals surface area contributed by atoms with Gasteiger partial charge >= 0.3 is 0 Å². The Morgan fingerprint density at radius 2 is 0.821 bits per heavy atom. The zero-order chi connectivity index (χ0) is 18.8. The highest BCUT2D eigenvalue weighted by Crippen LogP contribution is 2.59. The second-order valence-electron chi connectivity index (χ2n) is 7.79. The van der Waals surface area contributed by atoms with Crippen molar-refractivity contribution in [1.29, 1.82) is 0 Å². The molecule has 0 saturated carbocycles. The minimum absolute atomic E-state index is 0.0775. The molecule has 4 heteroatoms. The van der Waals surface area contributed by atoms with Gasteiger partial charge in [0, 0.05) is 11.8 Å². The van der Waals surface area contributed by atoms with Crippen LogP contribution in [0.3, 0.4) is 0 Å². The summed E-state index contributed by atoms with van der Waals surface area (Å²) in [7, 11) is 0. The SMILES string of the molecule is O=C1Nc2ccccc2NC(=O)C2C3c4ccccc4C(c4ccccc43)C12. The molecule has 0 radical (unpaired) electrons. The van der Waals surface area contributed by atoms with Crippen LogP contribution >= 0.6 is 0 Å². The number of rotatable bonds is 0. The zero-order valence-electron chi connectivity index (χ0n) is 15.1. The van der Waals surface area contributed by atoms with Gasteiger partial charge in [-0.15, -0.1) is 0 Å². The summed E-state index contributed by atoms with van der Waals surface area (Å²) in [5.74, 6) is -1.24. The van der Waals surface area contributed by atoms with Crippen LogP contribution in [-0.2, 0) is 9.59 Å². The average molecular weight is 366 g/mol. The Morgan fingerprint density at radius 3 is 1.18 bits per heavy atom. The third-order valence-corrected chi connectivity index (χ3v) is 6.49. The topological polar surface area (TPSA) is 58.2 Å². The van der Waals surface area contributed by atoms with Gasteiger partial charge in [0.1, 0.15) is 0 Å². The van der Waals surface area contributed by atoms with Crippen LogP contribution in [0.25, 0.3) is 0 Å². The van der Waals surface area contributed by atoms with Gasteiger partial charge in [0.05, 0.1) is 23.2 Å². The van der Waals surface area contributed by atoms with Crippen molar-refractivity contribution in [1.82, 2.24) is 0 Å². The number of carbonyl (C=O) groups excluding carboxylic acids is 2. The summed E-state index contributed by atoms with van der Waals surface area (Å²) in [6.45, 7) is 0. The highest BCUT2D eigenvalue weighted by atomic mass is 16.2. The molecule has 3 aromatic rings. The predicted octanol–water partition coefficient (Wildman–Crippen LogP) is 4.10. The van der Waals surface area contributed by atoms with Gasteiger partial charge in [-0.1, -0.05) is 60.7 Å². The Morgan fingerprint density at radius 1 is 0.500 bits per heavy atom. The summed E-state index contributed by atoms with van der Waals surface area (Å²) in [4.78, 5) is 26.9. The molecule has 0 fully saturated rings. The third kappa shape index (κ3) is 1.95. The highest BCUT2D eigenvalue weighted by molar-refractivity contribution is 6.08. The molecule has 2 atom stereocenters. The summed E-state index contributed by atoms with van der Waals surface area (Å²) >= 11 is 0. The molecule has 0 saturated heterocycles. The molecule has 7 rings (SSSR count). The first-order chi connectivity index (χ1) is 13.7. The van der Waals surface area contributed by atoms with Crippen LogP contribution < -0.4 is 10.6 Å². The molecule has 2 amide bonds. The average Bonchev–Trinajstić information content (AvgIpc) is 2.73. The third-order valence-electron chi connectivity index (χ3n) is 6.49. The molecule has 2 N–H and O–H groups in total. The maximum Gasteiger partial charge on any atom is 0.229 e. The Bertz CT molecular complexity index is 1020. The fourth-order valence-electron chi connectivity index (χ4n) is 5.44. The fraction of sp³-hybridized carbons (Fsp3) is 0.167. The fourth-order valence-corrected chi connectivity index (χ4v) is 5.44. The van der Waals surface area contributed by atoms with Crippen LogP contribution in [0.4, 0.5) is 11.4 Å². The molecule has 1 aliphatic heterocycles. The number of carbonyl (C=O) groups is 2. The van der Waals surface area contributed by atoms with Gasteiger partial charge in [-0.2, -0.15) is 0 Å². The van der Waals surface area contributed by atoms with E-state index in [2.05, 4.69) is 34.9 Å². The van der Waals surface area contributed by atoms with Crippen LogP contribution in [0.5, 0.6) is 0 Å². The van der Waals surface area contributed by atoms with E-state index in [-0.39, 0.29) is 23.7 Å². The standard InChI is InChI=1S/C24H18N2O2/c27-23-21-19-13-7-1-2-8-14(13)20(16-10-4-3-9-15(16)19)22(21)24(28)26-18-12-6-5-11-17(18)25-23/h1-12,19-22H,(H,25,27)(H,26,28). The molecule has 2 bridgehead atoms. The maximum atomic E-state index is 13.4. The molecule has 28 heavy (non-hydrogen) atoms. The second kappa shape index (κ2) is 5.55. The van der Waals surface area contributed by atoms with Crippen LogP contribution in [0.2, 0.25) is 0 Å². The summed E-state index contributed by atoms with van der Waals surface area (Å²) < 4.78 is 0. The van der Waals surface area contributed by atoms with Crippen LogP contribution in [0, 0.1) is 11.8 Å². The minimum atomic E-state index is -0.428. The molecular weight excluding hydrogens is 348 g/mol. The van der Waals surface area contributed by atoms with Crippen molar-refractivity contribution in [3.63, 3.8) is 0 Å². The first-order valence-corrected chi connectivity index (χ1v) is 9.62. The minimum Gasteiger partial charge on any atom is -0.324 e. The molecule has 4 aliphatic rings. The van der Waals surface area contributed by atoms with Gasteiger partial charge in [-0.05, 0) is 34.4 Å². The van der Waals surface area contributed by atoms with E-state index >= 15 is 0 Å². The monoisotopic (exact) mass is 366 g/mol. The summed E-state index contributed by atoms with van der Waals surface area (Å²) in [6, 6.07) is 23.9. The van der Waals surface area contributed by atoms with Crippen molar-refractivity contribution < 1.29 is 9.59 Å². The van der Waals surface area contributed by atoms with Crippen molar-refractivity contribution in [2.75, 3.05) is 10.6 Å². The van der Waals surface area contributed by atoms with Crippen molar-refractivity contribution >= 4 is 23.2 Å². The lowest BCUT2D eigenvalue weighted by atomic mass is 9.53. The second-order valence-corrected chi connectivity index (χ2v) is 7.79. The lowest BCUT2D eigenvalue weighted by Gasteiger charge is -2.49. The molecule has 4 nitrogen and oxygen atoms in total. The first-order valence-electron chi connectivity index (χ1n) is 9.62. The molecule has 0 aromatic heterocycles. The number of fused-ring (bicyclic) bond motifs is 1. The maximum absolute atomic E-state index is 13.4. The van der Waals surface area contributed by atoms with E-state index in [9.17, 15) is 9.59 Å². The van der Waals surface area contributed by atoms with Crippen LogP contribution in [0.1, 0.15) is 34.1 Å². The summed E-state index contributed by atoms with van der Waals surface area (Å²) in [5, 5.41) is 6.15. The van der Waals surface area contributed by atoms with Gasteiger partial charge in [0.25, 0.3) is 0 Å². The Hall–Kier alpha value is -3.40. The summed E-state index contributed by atoms with van der Waals surface area (Å²) in [5.41, 5.74) is 5.99. The van der Waals surface area contributed by atoms with Gasteiger partial charge < -0.3 is 10.6 Å². The van der Waals surface area contributed by atoms with E-state index < -0.39 is 11.8 Å². The largest absolute Gasteiger partial charge is 0.324 e. The molecule has 1 heterocycles. The van der Waals surface area contributed by atoms with Crippen molar-refractivity contribution in [2.45, 2.75) is 11.8 Å². The Kier molecular flexibility index (Phi) is 3.10. The molecule has 3 aliphatic carbocycles. The van der Waals surface area contributed by atoms with Gasteiger partial charge in [0.2, 0.25) is 11.8 Å². The van der Waals surface area contributed by atoms with Crippen LogP contribution in [-0.4, -0.2) is 11.8 Å². The highest BCUT2D eigenvalue weighted by Gasteiger charge is 2.55. The number of benzene rings is 3. The Labute approximate surface area is 162 Å². The number of nitrogens with one attached hydrogen (secondary N) is 2. The van der Waals surface area contributed by atoms with E-state index in [1.54, 1.807) is 0 Å². The first kappa shape index (κ1) is 15.6. The van der Waals surface area contributed by atoms with E-state index in [4.69, 9.17) is 0 Å². The number of hydrogen-bond donors (Lipinski definition) is 2. The van der Waals surface area contributed by atoms with Gasteiger partial charge in [-0.25, -0.2) is 0 Å². The van der Waals surface area contributed by atoms with Crippen molar-refractivity contribution in [2.24, 2.45) is 11.8 Å². The van der Waals surface area contributed by atoms with Crippen LogP contribution in [0.15, 0.2) is 72.8 Å². The number of para-hydroxylation sites is 2. The van der Waals surface area contributed by atoms with Crippen molar-refractivity contribution in [3.05, 3.63) is 95.1 Å². The molecular formula is C24H18N2O2. The Balaban J connectivity index is 1.61. The smallest absolute Gasteiger partial charge is 0.229 e. The normalized spacial score (nSPS) is 26.6. The molecule has 136 valence electrons. The van der Waals surface area contributed by atoms with Gasteiger partial charge in [-0.3, -0.25) is 9.59 Å². The lowest BCUT2D eigenvalue weighted by Crippen LogP contribution is -2.51. The van der Waals surface area contributed by atoms with Gasteiger partial charge in [0.15, 0.2) is 0 Å². The summed E-state index contributed by atoms with van der Waals surface area (Å²) in [6.07, 6.45) is 0. The molecule has 3 aromatic carbocycles. The van der Waals surface area contributed by atoms with E-state index in [0.29, 0.717) is 11.4 Å². The number of hydrogen-bond acceptors (Lipinski definition) is 2. The number of amides is 2. The lowest BCUT2D eigenvalue weighted by molar-refractivity contribution is -0.131. The van der Waals surface area contributed by atoms with E-state index in [1.807, 2.05) is 48.5 Å². The molecule has 2 unspecified atom stereocenters. The van der Waals surface area contributed by atoms with E-state index in [1.165, 1.54) is 22.3 Å². The zero-order valence-corrected chi connectivity index (χ0v) is 15.1. The predicted molar refractivity (Wildman–Crippen MR) is 107 cm³/mol.